The highest BCUT2D eigenvalue weighted by molar-refractivity contribution is 5.51. The van der Waals surface area contributed by atoms with Gasteiger partial charge in [-0.3, -0.25) is 0 Å². The summed E-state index contributed by atoms with van der Waals surface area (Å²) >= 11 is 0. The Kier molecular flexibility index (Phi) is 3.47. The molecule has 2 heteroatoms. The molecular formula is C14H20FN. The Hall–Kier alpha value is -1.05. The summed E-state index contributed by atoms with van der Waals surface area (Å²) in [6, 6.07) is 5.39. The molecule has 1 aromatic carbocycles. The Bertz CT molecular complexity index is 356. The Balaban J connectivity index is 2.04. The molecule has 0 aromatic heterocycles. The molecule has 1 nitrogen and oxygen atoms in total. The molecule has 16 heavy (non-hydrogen) atoms. The fraction of sp³-hybridized carbons (Fsp3) is 0.571. The summed E-state index contributed by atoms with van der Waals surface area (Å²) in [5.74, 6) is 0.592. The Morgan fingerprint density at radius 2 is 2.00 bits per heavy atom. The molecule has 1 fully saturated rings. The maximum absolute atomic E-state index is 13.1. The first-order chi connectivity index (χ1) is 7.66. The van der Waals surface area contributed by atoms with E-state index >= 15 is 0 Å². The van der Waals surface area contributed by atoms with Crippen LogP contribution in [-0.2, 0) is 0 Å². The van der Waals surface area contributed by atoms with E-state index in [1.165, 1.54) is 31.7 Å². The molecular weight excluding hydrogens is 201 g/mol. The van der Waals surface area contributed by atoms with Crippen LogP contribution in [0.15, 0.2) is 18.2 Å². The van der Waals surface area contributed by atoms with E-state index in [4.69, 9.17) is 0 Å². The summed E-state index contributed by atoms with van der Waals surface area (Å²) in [6.45, 7) is 4.23. The molecule has 1 aliphatic rings. The first-order valence-corrected chi connectivity index (χ1v) is 6.19. The zero-order chi connectivity index (χ0) is 11.5. The summed E-state index contributed by atoms with van der Waals surface area (Å²) in [5.41, 5.74) is 2.06. The molecule has 1 N–H and O–H groups in total. The van der Waals surface area contributed by atoms with E-state index in [0.717, 1.165) is 17.2 Å². The molecule has 0 amide bonds. The van der Waals surface area contributed by atoms with Gasteiger partial charge in [0.2, 0.25) is 0 Å². The van der Waals surface area contributed by atoms with E-state index in [1.807, 2.05) is 13.0 Å². The monoisotopic (exact) mass is 221 g/mol. The maximum Gasteiger partial charge on any atom is 0.125 e. The van der Waals surface area contributed by atoms with E-state index in [9.17, 15) is 4.39 Å². The third-order valence-electron chi connectivity index (χ3n) is 3.69. The number of rotatable bonds is 3. The van der Waals surface area contributed by atoms with Crippen molar-refractivity contribution in [1.82, 2.24) is 0 Å². The van der Waals surface area contributed by atoms with Crippen LogP contribution in [0.5, 0.6) is 0 Å². The van der Waals surface area contributed by atoms with Crippen LogP contribution in [0.4, 0.5) is 10.1 Å². The minimum absolute atomic E-state index is 0.160. The molecule has 1 unspecified atom stereocenters. The van der Waals surface area contributed by atoms with Gasteiger partial charge in [0, 0.05) is 11.7 Å². The van der Waals surface area contributed by atoms with Crippen molar-refractivity contribution in [2.75, 3.05) is 5.32 Å². The lowest BCUT2D eigenvalue weighted by molar-refractivity contribution is 0.481. The normalized spacial score (nSPS) is 18.7. The number of benzene rings is 1. The van der Waals surface area contributed by atoms with Crippen molar-refractivity contribution >= 4 is 5.69 Å². The van der Waals surface area contributed by atoms with Crippen molar-refractivity contribution in [1.29, 1.82) is 0 Å². The third-order valence-corrected chi connectivity index (χ3v) is 3.69. The highest BCUT2D eigenvalue weighted by Crippen LogP contribution is 2.29. The van der Waals surface area contributed by atoms with E-state index in [0.29, 0.717) is 6.04 Å². The van der Waals surface area contributed by atoms with Crippen molar-refractivity contribution in [2.24, 2.45) is 5.92 Å². The molecule has 0 saturated heterocycles. The summed E-state index contributed by atoms with van der Waals surface area (Å²) < 4.78 is 13.1. The summed E-state index contributed by atoms with van der Waals surface area (Å²) in [7, 11) is 0. The van der Waals surface area contributed by atoms with Crippen LogP contribution in [-0.4, -0.2) is 6.04 Å². The minimum atomic E-state index is -0.160. The summed E-state index contributed by atoms with van der Waals surface area (Å²) in [5, 5.41) is 3.45. The second-order valence-corrected chi connectivity index (χ2v) is 4.94. The third kappa shape index (κ3) is 2.55. The van der Waals surface area contributed by atoms with Gasteiger partial charge in [0.05, 0.1) is 0 Å². The second kappa shape index (κ2) is 4.86. The lowest BCUT2D eigenvalue weighted by atomic mass is 9.99. The first kappa shape index (κ1) is 11.4. The van der Waals surface area contributed by atoms with Gasteiger partial charge in [0.1, 0.15) is 5.82 Å². The van der Waals surface area contributed by atoms with Crippen molar-refractivity contribution < 1.29 is 4.39 Å². The molecule has 0 spiro atoms. The fourth-order valence-corrected chi connectivity index (χ4v) is 2.57. The van der Waals surface area contributed by atoms with E-state index in [-0.39, 0.29) is 5.82 Å². The van der Waals surface area contributed by atoms with Crippen LogP contribution < -0.4 is 5.32 Å². The quantitative estimate of drug-likeness (QED) is 0.809. The van der Waals surface area contributed by atoms with Crippen LogP contribution in [0.25, 0.3) is 0 Å². The lowest BCUT2D eigenvalue weighted by Gasteiger charge is -2.22. The highest BCUT2D eigenvalue weighted by atomic mass is 19.1. The van der Waals surface area contributed by atoms with Gasteiger partial charge in [0.15, 0.2) is 0 Å². The number of anilines is 1. The Morgan fingerprint density at radius 1 is 1.31 bits per heavy atom. The van der Waals surface area contributed by atoms with Gasteiger partial charge in [-0.2, -0.15) is 0 Å². The lowest BCUT2D eigenvalue weighted by Crippen LogP contribution is -2.24. The fourth-order valence-electron chi connectivity index (χ4n) is 2.57. The smallest absolute Gasteiger partial charge is 0.125 e. The van der Waals surface area contributed by atoms with Crippen LogP contribution >= 0.6 is 0 Å². The highest BCUT2D eigenvalue weighted by Gasteiger charge is 2.21. The average molecular weight is 221 g/mol. The van der Waals surface area contributed by atoms with Gasteiger partial charge in [0.25, 0.3) is 0 Å². The zero-order valence-electron chi connectivity index (χ0n) is 10.1. The molecule has 1 atom stereocenters. The molecule has 0 radical (unpaired) electrons. The van der Waals surface area contributed by atoms with Crippen molar-refractivity contribution in [3.8, 4) is 0 Å². The molecule has 2 rings (SSSR count). The van der Waals surface area contributed by atoms with E-state index in [2.05, 4.69) is 12.2 Å². The van der Waals surface area contributed by atoms with Crippen molar-refractivity contribution in [2.45, 2.75) is 45.6 Å². The first-order valence-electron chi connectivity index (χ1n) is 6.19. The van der Waals surface area contributed by atoms with Crippen molar-refractivity contribution in [3.05, 3.63) is 29.6 Å². The van der Waals surface area contributed by atoms with Gasteiger partial charge in [-0.05, 0) is 50.3 Å². The molecule has 0 heterocycles. The SMILES string of the molecule is Cc1ccc(F)cc1NC(C)C1CCCC1. The van der Waals surface area contributed by atoms with Crippen molar-refractivity contribution in [3.63, 3.8) is 0 Å². The number of hydrogen-bond donors (Lipinski definition) is 1. The summed E-state index contributed by atoms with van der Waals surface area (Å²) in [6.07, 6.45) is 5.31. The van der Waals surface area contributed by atoms with Gasteiger partial charge in [-0.1, -0.05) is 18.9 Å². The maximum atomic E-state index is 13.1. The number of aryl methyl sites for hydroxylation is 1. The molecule has 88 valence electrons. The van der Waals surface area contributed by atoms with Gasteiger partial charge >= 0.3 is 0 Å². The zero-order valence-corrected chi connectivity index (χ0v) is 10.1. The van der Waals surface area contributed by atoms with Gasteiger partial charge in [-0.15, -0.1) is 0 Å². The van der Waals surface area contributed by atoms with Crippen LogP contribution in [0.1, 0.15) is 38.2 Å². The van der Waals surface area contributed by atoms with E-state index in [1.54, 1.807) is 6.07 Å². The van der Waals surface area contributed by atoms with E-state index < -0.39 is 0 Å². The average Bonchev–Trinajstić information content (AvgIpc) is 2.76. The Morgan fingerprint density at radius 3 is 2.69 bits per heavy atom. The molecule has 1 aliphatic carbocycles. The van der Waals surface area contributed by atoms with Gasteiger partial charge in [-0.25, -0.2) is 4.39 Å². The summed E-state index contributed by atoms with van der Waals surface area (Å²) in [4.78, 5) is 0. The second-order valence-electron chi connectivity index (χ2n) is 4.94. The molecule has 0 bridgehead atoms. The Labute approximate surface area is 97.1 Å². The molecule has 0 aliphatic heterocycles. The molecule has 1 aromatic rings. The topological polar surface area (TPSA) is 12.0 Å². The number of halogens is 1. The predicted molar refractivity (Wildman–Crippen MR) is 66.2 cm³/mol. The van der Waals surface area contributed by atoms with Crippen LogP contribution in [0.2, 0.25) is 0 Å². The van der Waals surface area contributed by atoms with Crippen LogP contribution in [0, 0.1) is 18.7 Å². The number of hydrogen-bond acceptors (Lipinski definition) is 1. The standard InChI is InChI=1S/C14H20FN/c1-10-7-8-13(15)9-14(10)16-11(2)12-5-3-4-6-12/h7-9,11-12,16H,3-6H2,1-2H3. The van der Waals surface area contributed by atoms with Crippen LogP contribution in [0.3, 0.4) is 0 Å². The predicted octanol–water partition coefficient (Wildman–Crippen LogP) is 4.12. The largest absolute Gasteiger partial charge is 0.382 e. The number of nitrogens with one attached hydrogen (secondary N) is 1. The minimum Gasteiger partial charge on any atom is -0.382 e. The molecule has 1 saturated carbocycles. The van der Waals surface area contributed by atoms with Gasteiger partial charge < -0.3 is 5.32 Å².